The van der Waals surface area contributed by atoms with Crippen molar-refractivity contribution in [3.8, 4) is 11.5 Å². The van der Waals surface area contributed by atoms with E-state index >= 15 is 0 Å². The van der Waals surface area contributed by atoms with Crippen LogP contribution in [-0.2, 0) is 12.7 Å². The van der Waals surface area contributed by atoms with Gasteiger partial charge in [-0.1, -0.05) is 6.07 Å². The normalized spacial score (nSPS) is 11.7. The van der Waals surface area contributed by atoms with Crippen LogP contribution in [0.4, 0.5) is 13.2 Å². The summed E-state index contributed by atoms with van der Waals surface area (Å²) in [7, 11) is 0. The number of ether oxygens (including phenoxy) is 1. The van der Waals surface area contributed by atoms with E-state index in [1.165, 1.54) is 12.1 Å². The monoisotopic (exact) mass is 318 g/mol. The van der Waals surface area contributed by atoms with Crippen molar-refractivity contribution in [3.05, 3.63) is 65.9 Å². The topological polar surface area (TPSA) is 48.1 Å². The van der Waals surface area contributed by atoms with Gasteiger partial charge < -0.3 is 10.5 Å². The molecule has 3 nitrogen and oxygen atoms in total. The summed E-state index contributed by atoms with van der Waals surface area (Å²) in [4.78, 5) is 4.26. The van der Waals surface area contributed by atoms with E-state index in [2.05, 4.69) is 4.98 Å². The molecule has 2 aromatic carbocycles. The van der Waals surface area contributed by atoms with Crippen molar-refractivity contribution in [2.75, 3.05) is 0 Å². The van der Waals surface area contributed by atoms with Crippen LogP contribution < -0.4 is 10.5 Å². The van der Waals surface area contributed by atoms with E-state index in [1.54, 1.807) is 18.3 Å². The predicted octanol–water partition coefficient (Wildman–Crippen LogP) is 4.50. The molecule has 0 saturated heterocycles. The maximum atomic E-state index is 12.6. The Morgan fingerprint density at radius 1 is 1.04 bits per heavy atom. The molecule has 1 heterocycles. The molecule has 0 aliphatic rings. The highest BCUT2D eigenvalue weighted by Gasteiger charge is 2.30. The molecule has 0 fully saturated rings. The predicted molar refractivity (Wildman–Crippen MR) is 81.2 cm³/mol. The number of aromatic nitrogens is 1. The van der Waals surface area contributed by atoms with E-state index in [0.717, 1.165) is 23.1 Å². The zero-order chi connectivity index (χ0) is 16.4. The maximum Gasteiger partial charge on any atom is 0.416 e. The molecule has 0 aliphatic heterocycles. The molecule has 0 aliphatic carbocycles. The number of nitrogens with two attached hydrogens (primary N) is 1. The first-order chi connectivity index (χ1) is 11.0. The van der Waals surface area contributed by atoms with Gasteiger partial charge in [-0.2, -0.15) is 13.2 Å². The minimum Gasteiger partial charge on any atom is -0.455 e. The molecule has 23 heavy (non-hydrogen) atoms. The van der Waals surface area contributed by atoms with Gasteiger partial charge >= 0.3 is 6.18 Å². The Kier molecular flexibility index (Phi) is 3.92. The van der Waals surface area contributed by atoms with E-state index in [4.69, 9.17) is 10.5 Å². The summed E-state index contributed by atoms with van der Waals surface area (Å²) in [6.07, 6.45) is -2.74. The quantitative estimate of drug-likeness (QED) is 0.773. The summed E-state index contributed by atoms with van der Waals surface area (Å²) in [5.74, 6) is 0.766. The van der Waals surface area contributed by atoms with Gasteiger partial charge in [0.15, 0.2) is 5.75 Å². The third kappa shape index (κ3) is 3.27. The molecular weight excluding hydrogens is 305 g/mol. The van der Waals surface area contributed by atoms with E-state index in [0.29, 0.717) is 23.6 Å². The molecule has 0 atom stereocenters. The minimum absolute atomic E-state index is 0.305. The summed E-state index contributed by atoms with van der Waals surface area (Å²) in [6.45, 7) is 0.328. The van der Waals surface area contributed by atoms with Gasteiger partial charge in [-0.05, 0) is 48.0 Å². The molecule has 0 amide bonds. The van der Waals surface area contributed by atoms with Crippen LogP contribution in [0.25, 0.3) is 10.9 Å². The van der Waals surface area contributed by atoms with Crippen molar-refractivity contribution in [1.82, 2.24) is 4.98 Å². The summed E-state index contributed by atoms with van der Waals surface area (Å²) in [6, 6.07) is 11.9. The van der Waals surface area contributed by atoms with Crippen molar-refractivity contribution in [2.45, 2.75) is 12.7 Å². The van der Waals surface area contributed by atoms with Crippen LogP contribution in [0.2, 0.25) is 0 Å². The van der Waals surface area contributed by atoms with E-state index in [1.807, 2.05) is 12.1 Å². The first kappa shape index (κ1) is 15.3. The van der Waals surface area contributed by atoms with Crippen LogP contribution in [0.5, 0.6) is 11.5 Å². The van der Waals surface area contributed by atoms with Crippen molar-refractivity contribution in [3.63, 3.8) is 0 Å². The molecule has 1 aromatic heterocycles. The average molecular weight is 318 g/mol. The van der Waals surface area contributed by atoms with Crippen molar-refractivity contribution in [2.24, 2.45) is 5.73 Å². The van der Waals surface area contributed by atoms with E-state index in [-0.39, 0.29) is 0 Å². The van der Waals surface area contributed by atoms with Gasteiger partial charge in [0, 0.05) is 18.1 Å². The highest BCUT2D eigenvalue weighted by Crippen LogP contribution is 2.33. The first-order valence-electron chi connectivity index (χ1n) is 6.90. The molecule has 2 N–H and O–H groups in total. The third-order valence-electron chi connectivity index (χ3n) is 3.37. The number of benzene rings is 2. The first-order valence-corrected chi connectivity index (χ1v) is 6.90. The Bertz CT molecular complexity index is 829. The van der Waals surface area contributed by atoms with Gasteiger partial charge in [-0.25, -0.2) is 0 Å². The maximum absolute atomic E-state index is 12.6. The van der Waals surface area contributed by atoms with Crippen molar-refractivity contribution >= 4 is 10.9 Å². The number of pyridine rings is 1. The molecule has 3 rings (SSSR count). The average Bonchev–Trinajstić information content (AvgIpc) is 2.54. The van der Waals surface area contributed by atoms with Crippen molar-refractivity contribution < 1.29 is 17.9 Å². The smallest absolute Gasteiger partial charge is 0.416 e. The number of halogens is 3. The van der Waals surface area contributed by atoms with Gasteiger partial charge in [0.1, 0.15) is 11.3 Å². The summed E-state index contributed by atoms with van der Waals surface area (Å²) < 4.78 is 43.5. The summed E-state index contributed by atoms with van der Waals surface area (Å²) in [5, 5.41) is 0.859. The SMILES string of the molecule is NCc1cc(Oc2ccc(C(F)(F)F)cc2)c2ncccc2c1. The Labute approximate surface area is 130 Å². The number of fused-ring (bicyclic) bond motifs is 1. The molecule has 0 saturated carbocycles. The summed E-state index contributed by atoms with van der Waals surface area (Å²) >= 11 is 0. The Balaban J connectivity index is 1.98. The lowest BCUT2D eigenvalue weighted by atomic mass is 10.1. The van der Waals surface area contributed by atoms with Crippen LogP contribution in [-0.4, -0.2) is 4.98 Å². The van der Waals surface area contributed by atoms with Crippen LogP contribution in [0.15, 0.2) is 54.7 Å². The van der Waals surface area contributed by atoms with Gasteiger partial charge in [0.2, 0.25) is 0 Å². The number of hydrogen-bond donors (Lipinski definition) is 1. The number of alkyl halides is 3. The molecule has 0 radical (unpaired) electrons. The Morgan fingerprint density at radius 2 is 1.78 bits per heavy atom. The lowest BCUT2D eigenvalue weighted by Crippen LogP contribution is -2.04. The second-order valence-electron chi connectivity index (χ2n) is 5.00. The number of nitrogens with zero attached hydrogens (tertiary/aromatic N) is 1. The fraction of sp³-hybridized carbons (Fsp3) is 0.118. The molecule has 6 heteroatoms. The number of rotatable bonds is 3. The van der Waals surface area contributed by atoms with Crippen LogP contribution in [0, 0.1) is 0 Å². The Hall–Kier alpha value is -2.60. The lowest BCUT2D eigenvalue weighted by molar-refractivity contribution is -0.137. The standard InChI is InChI=1S/C17H13F3N2O/c18-17(19,20)13-3-5-14(6-4-13)23-15-9-11(10-21)8-12-2-1-7-22-16(12)15/h1-9H,10,21H2. The highest BCUT2D eigenvalue weighted by molar-refractivity contribution is 5.85. The molecule has 0 bridgehead atoms. The molecule has 0 unspecified atom stereocenters. The van der Waals surface area contributed by atoms with Gasteiger partial charge in [0.05, 0.1) is 5.56 Å². The second-order valence-corrected chi connectivity index (χ2v) is 5.00. The zero-order valence-electron chi connectivity index (χ0n) is 12.0. The molecular formula is C17H13F3N2O. The highest BCUT2D eigenvalue weighted by atomic mass is 19.4. The van der Waals surface area contributed by atoms with E-state index < -0.39 is 11.7 Å². The van der Waals surface area contributed by atoms with Crippen LogP contribution in [0.3, 0.4) is 0 Å². The fourth-order valence-corrected chi connectivity index (χ4v) is 2.25. The zero-order valence-corrected chi connectivity index (χ0v) is 12.0. The summed E-state index contributed by atoms with van der Waals surface area (Å²) in [5.41, 5.74) is 6.43. The fourth-order valence-electron chi connectivity index (χ4n) is 2.25. The van der Waals surface area contributed by atoms with E-state index in [9.17, 15) is 13.2 Å². The minimum atomic E-state index is -4.37. The van der Waals surface area contributed by atoms with Crippen LogP contribution >= 0.6 is 0 Å². The second kappa shape index (κ2) is 5.89. The molecule has 3 aromatic rings. The van der Waals surface area contributed by atoms with Crippen molar-refractivity contribution in [1.29, 1.82) is 0 Å². The third-order valence-corrected chi connectivity index (χ3v) is 3.37. The van der Waals surface area contributed by atoms with Gasteiger partial charge in [-0.3, -0.25) is 4.98 Å². The largest absolute Gasteiger partial charge is 0.455 e. The Morgan fingerprint density at radius 3 is 2.43 bits per heavy atom. The molecule has 118 valence electrons. The van der Waals surface area contributed by atoms with Gasteiger partial charge in [-0.15, -0.1) is 0 Å². The molecule has 0 spiro atoms. The number of hydrogen-bond acceptors (Lipinski definition) is 3. The van der Waals surface area contributed by atoms with Crippen LogP contribution in [0.1, 0.15) is 11.1 Å². The van der Waals surface area contributed by atoms with Gasteiger partial charge in [0.25, 0.3) is 0 Å². The lowest BCUT2D eigenvalue weighted by Gasteiger charge is -2.11.